The number of hydrogen-bond donors (Lipinski definition) is 2. The van der Waals surface area contributed by atoms with Crippen LogP contribution in [0.15, 0.2) is 54.6 Å². The van der Waals surface area contributed by atoms with Gasteiger partial charge in [-0.1, -0.05) is 56.3 Å². The number of amides is 1. The first-order chi connectivity index (χ1) is 16.2. The number of carbonyl (C=O) groups is 1. The molecule has 182 valence electrons. The van der Waals surface area contributed by atoms with Crippen LogP contribution < -0.4 is 5.48 Å². The maximum absolute atomic E-state index is 11.5. The summed E-state index contributed by atoms with van der Waals surface area (Å²) in [4.78, 5) is 16.7. The lowest BCUT2D eigenvalue weighted by molar-refractivity contribution is 0.0290. The fraction of sp³-hybridized carbons (Fsp3) is 0.483. The van der Waals surface area contributed by atoms with E-state index in [1.165, 1.54) is 41.5 Å². The Kier molecular flexibility index (Phi) is 7.56. The second kappa shape index (κ2) is 10.4. The maximum Gasteiger partial charge on any atom is 0.274 e. The van der Waals surface area contributed by atoms with Crippen molar-refractivity contribution in [3.63, 3.8) is 0 Å². The molecule has 0 aromatic heterocycles. The quantitative estimate of drug-likeness (QED) is 0.441. The van der Waals surface area contributed by atoms with Crippen molar-refractivity contribution in [1.29, 1.82) is 0 Å². The smallest absolute Gasteiger partial charge is 0.274 e. The second-order valence-electron chi connectivity index (χ2n) is 11.0. The zero-order valence-corrected chi connectivity index (χ0v) is 21.1. The molecule has 34 heavy (non-hydrogen) atoms. The van der Waals surface area contributed by atoms with Gasteiger partial charge in [-0.2, -0.15) is 0 Å². The SMILES string of the molecule is C[C@@H]1CN(Cc2ccc(C(=O)NO)cc2)C[C@H](C)N1Cc1cccc(C2=CCC(C)(C)CC2)c1. The van der Waals surface area contributed by atoms with E-state index in [-0.39, 0.29) is 0 Å². The average molecular weight is 462 g/mol. The predicted octanol–water partition coefficient (Wildman–Crippen LogP) is 5.49. The lowest BCUT2D eigenvalue weighted by Crippen LogP contribution is -2.55. The zero-order chi connectivity index (χ0) is 24.3. The summed E-state index contributed by atoms with van der Waals surface area (Å²) in [6.45, 7) is 13.3. The molecule has 2 aromatic carbocycles. The first-order valence-electron chi connectivity index (χ1n) is 12.5. The molecule has 0 bridgehead atoms. The van der Waals surface area contributed by atoms with Crippen molar-refractivity contribution < 1.29 is 10.0 Å². The summed E-state index contributed by atoms with van der Waals surface area (Å²) in [7, 11) is 0. The molecule has 5 nitrogen and oxygen atoms in total. The Balaban J connectivity index is 1.37. The van der Waals surface area contributed by atoms with Gasteiger partial charge in [-0.25, -0.2) is 5.48 Å². The Labute approximate surface area is 204 Å². The highest BCUT2D eigenvalue weighted by atomic mass is 16.5. The molecule has 1 aliphatic heterocycles. The van der Waals surface area contributed by atoms with Crippen molar-refractivity contribution in [3.05, 3.63) is 76.9 Å². The van der Waals surface area contributed by atoms with Crippen molar-refractivity contribution >= 4 is 11.5 Å². The van der Waals surface area contributed by atoms with Crippen molar-refractivity contribution in [2.45, 2.75) is 72.1 Å². The van der Waals surface area contributed by atoms with Crippen LogP contribution in [0, 0.1) is 5.41 Å². The molecule has 1 fully saturated rings. The molecule has 0 radical (unpaired) electrons. The molecule has 0 unspecified atom stereocenters. The zero-order valence-electron chi connectivity index (χ0n) is 21.1. The Morgan fingerprint density at radius 2 is 1.74 bits per heavy atom. The van der Waals surface area contributed by atoms with Gasteiger partial charge in [0.05, 0.1) is 0 Å². The molecular weight excluding hydrogens is 422 g/mol. The third-order valence-corrected chi connectivity index (χ3v) is 7.54. The van der Waals surface area contributed by atoms with Crippen LogP contribution in [0.2, 0.25) is 0 Å². The summed E-state index contributed by atoms with van der Waals surface area (Å²) in [5.74, 6) is -0.477. The number of hydrogen-bond acceptors (Lipinski definition) is 4. The molecule has 5 heteroatoms. The highest BCUT2D eigenvalue weighted by molar-refractivity contribution is 5.93. The van der Waals surface area contributed by atoms with Crippen LogP contribution in [0.3, 0.4) is 0 Å². The number of benzene rings is 2. The van der Waals surface area contributed by atoms with E-state index in [1.54, 1.807) is 17.6 Å². The second-order valence-corrected chi connectivity index (χ2v) is 11.0. The number of piperazine rings is 1. The standard InChI is InChI=1S/C29H39N3O2/c1-21-17-31(19-23-8-10-26(11-9-23)28(33)30-34)18-22(2)32(21)20-24-6-5-7-27(16-24)25-12-14-29(3,4)15-13-25/h5-12,16,21-22,34H,13-15,17-20H2,1-4H3,(H,30,33)/t21-,22+. The van der Waals surface area contributed by atoms with Gasteiger partial charge in [0.2, 0.25) is 0 Å². The molecular formula is C29H39N3O2. The lowest BCUT2D eigenvalue weighted by atomic mass is 9.77. The van der Waals surface area contributed by atoms with Crippen LogP contribution in [0.25, 0.3) is 5.57 Å². The Morgan fingerprint density at radius 1 is 1.03 bits per heavy atom. The minimum atomic E-state index is -0.477. The molecule has 1 saturated heterocycles. The monoisotopic (exact) mass is 461 g/mol. The summed E-state index contributed by atoms with van der Waals surface area (Å²) in [6, 6.07) is 17.6. The van der Waals surface area contributed by atoms with Crippen LogP contribution in [-0.4, -0.2) is 46.1 Å². The van der Waals surface area contributed by atoms with Gasteiger partial charge < -0.3 is 0 Å². The maximum atomic E-state index is 11.5. The van der Waals surface area contributed by atoms with Gasteiger partial charge in [0.25, 0.3) is 5.91 Å². The van der Waals surface area contributed by atoms with E-state index in [0.29, 0.717) is 23.1 Å². The minimum Gasteiger partial charge on any atom is -0.296 e. The largest absolute Gasteiger partial charge is 0.296 e. The Morgan fingerprint density at radius 3 is 2.35 bits per heavy atom. The molecule has 2 N–H and O–H groups in total. The van der Waals surface area contributed by atoms with E-state index in [1.807, 2.05) is 12.1 Å². The van der Waals surface area contributed by atoms with Crippen molar-refractivity contribution in [1.82, 2.24) is 15.3 Å². The van der Waals surface area contributed by atoms with Crippen molar-refractivity contribution in [2.75, 3.05) is 13.1 Å². The van der Waals surface area contributed by atoms with Gasteiger partial charge in [-0.15, -0.1) is 0 Å². The van der Waals surface area contributed by atoms with E-state index >= 15 is 0 Å². The van der Waals surface area contributed by atoms with E-state index in [2.05, 4.69) is 67.8 Å². The molecule has 1 aliphatic carbocycles. The molecule has 1 heterocycles. The van der Waals surface area contributed by atoms with Crippen LogP contribution in [0.1, 0.15) is 74.0 Å². The summed E-state index contributed by atoms with van der Waals surface area (Å²) in [5, 5.41) is 8.79. The fourth-order valence-corrected chi connectivity index (χ4v) is 5.41. The summed E-state index contributed by atoms with van der Waals surface area (Å²) in [6.07, 6.45) is 6.05. The molecule has 4 rings (SSSR count). The van der Waals surface area contributed by atoms with Gasteiger partial charge in [-0.3, -0.25) is 19.8 Å². The third-order valence-electron chi connectivity index (χ3n) is 7.54. The number of allylic oxidation sites excluding steroid dienone is 2. The highest BCUT2D eigenvalue weighted by Gasteiger charge is 2.29. The molecule has 2 aromatic rings. The highest BCUT2D eigenvalue weighted by Crippen LogP contribution is 2.38. The normalized spacial score (nSPS) is 23.4. The van der Waals surface area contributed by atoms with E-state index in [4.69, 9.17) is 5.21 Å². The fourth-order valence-electron chi connectivity index (χ4n) is 5.41. The molecule has 1 amide bonds. The number of hydroxylamine groups is 1. The van der Waals surface area contributed by atoms with Gasteiger partial charge in [0, 0.05) is 43.8 Å². The van der Waals surface area contributed by atoms with Gasteiger partial charge in [0.15, 0.2) is 0 Å². The van der Waals surface area contributed by atoms with Gasteiger partial charge in [0.1, 0.15) is 0 Å². The third kappa shape index (κ3) is 5.96. The van der Waals surface area contributed by atoms with E-state index < -0.39 is 5.91 Å². The predicted molar refractivity (Wildman–Crippen MR) is 137 cm³/mol. The van der Waals surface area contributed by atoms with Crippen LogP contribution in [-0.2, 0) is 13.1 Å². The van der Waals surface area contributed by atoms with Crippen LogP contribution in [0.5, 0.6) is 0 Å². The lowest BCUT2D eigenvalue weighted by Gasteiger charge is -2.44. The summed E-state index contributed by atoms with van der Waals surface area (Å²) >= 11 is 0. The number of nitrogens with one attached hydrogen (secondary N) is 1. The van der Waals surface area contributed by atoms with E-state index in [9.17, 15) is 4.79 Å². The molecule has 2 aliphatic rings. The molecule has 0 saturated carbocycles. The number of rotatable bonds is 6. The van der Waals surface area contributed by atoms with Crippen LogP contribution in [0.4, 0.5) is 0 Å². The average Bonchev–Trinajstić information content (AvgIpc) is 2.81. The first-order valence-corrected chi connectivity index (χ1v) is 12.5. The van der Waals surface area contributed by atoms with Gasteiger partial charge in [-0.05, 0) is 72.9 Å². The Bertz CT molecular complexity index is 1020. The topological polar surface area (TPSA) is 55.8 Å². The Hall–Kier alpha value is -2.47. The summed E-state index contributed by atoms with van der Waals surface area (Å²) < 4.78 is 0. The number of nitrogens with zero attached hydrogens (tertiary/aromatic N) is 2. The summed E-state index contributed by atoms with van der Waals surface area (Å²) in [5.41, 5.74) is 8.06. The number of carbonyl (C=O) groups excluding carboxylic acids is 1. The minimum absolute atomic E-state index is 0.432. The van der Waals surface area contributed by atoms with Crippen LogP contribution >= 0.6 is 0 Å². The molecule has 0 spiro atoms. The van der Waals surface area contributed by atoms with Crippen molar-refractivity contribution in [3.8, 4) is 0 Å². The first kappa shape index (κ1) is 24.6. The van der Waals surface area contributed by atoms with Gasteiger partial charge >= 0.3 is 0 Å². The molecule has 2 atom stereocenters. The van der Waals surface area contributed by atoms with E-state index in [0.717, 1.165) is 26.2 Å². The van der Waals surface area contributed by atoms with Crippen molar-refractivity contribution in [2.24, 2.45) is 5.41 Å².